The minimum atomic E-state index is -3.64. The van der Waals surface area contributed by atoms with Crippen LogP contribution in [0.3, 0.4) is 0 Å². The van der Waals surface area contributed by atoms with Crippen LogP contribution in [0.2, 0.25) is 0 Å². The molecule has 0 aromatic rings. The van der Waals surface area contributed by atoms with Crippen molar-refractivity contribution in [3.8, 4) is 6.07 Å². The zero-order valence-electron chi connectivity index (χ0n) is 8.67. The number of hydrogen-bond donors (Lipinski definition) is 0. The molecule has 1 amide bonds. The number of amides is 1. The van der Waals surface area contributed by atoms with Gasteiger partial charge in [-0.3, -0.25) is 4.79 Å². The van der Waals surface area contributed by atoms with Crippen LogP contribution in [0.25, 0.3) is 0 Å². The topological polar surface area (TPSA) is 81.5 Å². The Morgan fingerprint density at radius 1 is 1.47 bits per heavy atom. The van der Waals surface area contributed by atoms with E-state index in [0.717, 1.165) is 4.31 Å². The van der Waals surface area contributed by atoms with E-state index in [9.17, 15) is 13.2 Å². The minimum absolute atomic E-state index is 0.162. The molecular weight excluding hydrogens is 218 g/mol. The van der Waals surface area contributed by atoms with Gasteiger partial charge in [-0.05, 0) is 6.92 Å². The maximum absolute atomic E-state index is 11.7. The smallest absolute Gasteiger partial charge is 0.237 e. The first-order valence-corrected chi connectivity index (χ1v) is 6.02. The van der Waals surface area contributed by atoms with Crippen molar-refractivity contribution in [1.29, 1.82) is 5.26 Å². The van der Waals surface area contributed by atoms with Crippen LogP contribution in [0, 0.1) is 11.3 Å². The van der Waals surface area contributed by atoms with Gasteiger partial charge in [-0.1, -0.05) is 0 Å². The molecule has 0 saturated carbocycles. The molecule has 1 heterocycles. The Labute approximate surface area is 89.1 Å². The van der Waals surface area contributed by atoms with Crippen molar-refractivity contribution < 1.29 is 13.2 Å². The molecule has 1 saturated heterocycles. The van der Waals surface area contributed by atoms with Crippen molar-refractivity contribution in [2.75, 3.05) is 26.7 Å². The number of sulfonamides is 1. The highest BCUT2D eigenvalue weighted by atomic mass is 32.2. The van der Waals surface area contributed by atoms with Gasteiger partial charge in [0.1, 0.15) is 0 Å². The second-order valence-electron chi connectivity index (χ2n) is 3.47. The molecule has 15 heavy (non-hydrogen) atoms. The Morgan fingerprint density at radius 2 is 2.07 bits per heavy atom. The molecule has 0 radical (unpaired) electrons. The van der Waals surface area contributed by atoms with E-state index in [2.05, 4.69) is 0 Å². The summed E-state index contributed by atoms with van der Waals surface area (Å²) in [6.07, 6.45) is 0. The van der Waals surface area contributed by atoms with E-state index in [4.69, 9.17) is 5.26 Å². The molecule has 7 heteroatoms. The molecule has 0 spiro atoms. The number of carbonyl (C=O) groups is 1. The molecule has 0 aliphatic carbocycles. The average Bonchev–Trinajstić information content (AvgIpc) is 2.20. The number of piperazine rings is 1. The second kappa shape index (κ2) is 4.16. The summed E-state index contributed by atoms with van der Waals surface area (Å²) in [4.78, 5) is 12.8. The van der Waals surface area contributed by atoms with Crippen molar-refractivity contribution in [2.24, 2.45) is 0 Å². The average molecular weight is 231 g/mol. The van der Waals surface area contributed by atoms with E-state index >= 15 is 0 Å². The normalized spacial score (nSPS) is 21.1. The molecule has 1 fully saturated rings. The highest BCUT2D eigenvalue weighted by Gasteiger charge is 2.33. The first-order chi connectivity index (χ1) is 6.89. The highest BCUT2D eigenvalue weighted by molar-refractivity contribution is 7.90. The van der Waals surface area contributed by atoms with Crippen molar-refractivity contribution in [2.45, 2.75) is 12.2 Å². The summed E-state index contributed by atoms with van der Waals surface area (Å²) >= 11 is 0. The zero-order chi connectivity index (χ0) is 11.6. The molecule has 84 valence electrons. The predicted octanol–water partition coefficient (Wildman–Crippen LogP) is -0.998. The number of nitrogens with zero attached hydrogens (tertiary/aromatic N) is 3. The maximum Gasteiger partial charge on any atom is 0.237 e. The Bertz CT molecular complexity index is 398. The summed E-state index contributed by atoms with van der Waals surface area (Å²) in [7, 11) is -2.02. The molecule has 1 unspecified atom stereocenters. The van der Waals surface area contributed by atoms with Crippen LogP contribution in [0.4, 0.5) is 0 Å². The lowest BCUT2D eigenvalue weighted by atomic mass is 10.4. The number of hydrogen-bond acceptors (Lipinski definition) is 4. The highest BCUT2D eigenvalue weighted by Crippen LogP contribution is 2.11. The number of likely N-dealkylation sites (N-methyl/N-ethyl adjacent to an activating group) is 1. The van der Waals surface area contributed by atoms with E-state index in [1.807, 2.05) is 0 Å². The maximum atomic E-state index is 11.7. The quantitative estimate of drug-likeness (QED) is 0.610. The summed E-state index contributed by atoms with van der Waals surface area (Å²) < 4.78 is 24.5. The van der Waals surface area contributed by atoms with Crippen LogP contribution < -0.4 is 0 Å². The van der Waals surface area contributed by atoms with E-state index in [1.54, 1.807) is 13.1 Å². The molecule has 0 aromatic heterocycles. The fourth-order valence-corrected chi connectivity index (χ4v) is 2.45. The van der Waals surface area contributed by atoms with Crippen molar-refractivity contribution in [1.82, 2.24) is 9.21 Å². The van der Waals surface area contributed by atoms with Gasteiger partial charge in [-0.15, -0.1) is 0 Å². The van der Waals surface area contributed by atoms with Crippen LogP contribution in [0.15, 0.2) is 0 Å². The van der Waals surface area contributed by atoms with Crippen molar-refractivity contribution in [3.05, 3.63) is 0 Å². The second-order valence-corrected chi connectivity index (χ2v) is 5.72. The van der Waals surface area contributed by atoms with Gasteiger partial charge in [0.15, 0.2) is 5.25 Å². The SMILES string of the molecule is CC(C#N)S(=O)(=O)N1CCN(C)C(=O)C1. The molecule has 1 aliphatic heterocycles. The van der Waals surface area contributed by atoms with Gasteiger partial charge in [-0.2, -0.15) is 9.57 Å². The van der Waals surface area contributed by atoms with E-state index in [0.29, 0.717) is 6.54 Å². The van der Waals surface area contributed by atoms with Crippen LogP contribution in [0.1, 0.15) is 6.92 Å². The van der Waals surface area contributed by atoms with Crippen LogP contribution in [-0.4, -0.2) is 55.5 Å². The first kappa shape index (κ1) is 11.9. The molecule has 6 nitrogen and oxygen atoms in total. The van der Waals surface area contributed by atoms with Crippen molar-refractivity contribution in [3.63, 3.8) is 0 Å². The van der Waals surface area contributed by atoms with E-state index in [-0.39, 0.29) is 19.0 Å². The van der Waals surface area contributed by atoms with Gasteiger partial charge >= 0.3 is 0 Å². The molecule has 1 rings (SSSR count). The third-order valence-electron chi connectivity index (χ3n) is 2.41. The largest absolute Gasteiger partial charge is 0.343 e. The number of carbonyl (C=O) groups excluding carboxylic acids is 1. The van der Waals surface area contributed by atoms with Crippen LogP contribution in [-0.2, 0) is 14.8 Å². The Balaban J connectivity index is 2.84. The zero-order valence-corrected chi connectivity index (χ0v) is 9.49. The summed E-state index contributed by atoms with van der Waals surface area (Å²) in [5, 5.41) is 7.46. The molecule has 1 aliphatic rings. The van der Waals surface area contributed by atoms with E-state index in [1.165, 1.54) is 11.8 Å². The number of rotatable bonds is 2. The van der Waals surface area contributed by atoms with Gasteiger partial charge < -0.3 is 4.90 Å². The fourth-order valence-electron chi connectivity index (χ4n) is 1.24. The van der Waals surface area contributed by atoms with Crippen molar-refractivity contribution >= 4 is 15.9 Å². The number of nitriles is 1. The third kappa shape index (κ3) is 2.27. The van der Waals surface area contributed by atoms with Gasteiger partial charge in [0.25, 0.3) is 0 Å². The minimum Gasteiger partial charge on any atom is -0.343 e. The lowest BCUT2D eigenvalue weighted by molar-refractivity contribution is -0.132. The summed E-state index contributed by atoms with van der Waals surface area (Å²) in [6, 6.07) is 1.67. The predicted molar refractivity (Wildman–Crippen MR) is 53.2 cm³/mol. The summed E-state index contributed by atoms with van der Waals surface area (Å²) in [5.74, 6) is -0.241. The summed E-state index contributed by atoms with van der Waals surface area (Å²) in [5.41, 5.74) is 0. The van der Waals surface area contributed by atoms with E-state index < -0.39 is 15.3 Å². The van der Waals surface area contributed by atoms with Gasteiger partial charge in [0.2, 0.25) is 15.9 Å². The Morgan fingerprint density at radius 3 is 2.53 bits per heavy atom. The lowest BCUT2D eigenvalue weighted by Gasteiger charge is -2.31. The Hall–Kier alpha value is -1.13. The monoisotopic (exact) mass is 231 g/mol. The Kier molecular flexibility index (Phi) is 3.31. The molecule has 0 aromatic carbocycles. The fraction of sp³-hybridized carbons (Fsp3) is 0.750. The lowest BCUT2D eigenvalue weighted by Crippen LogP contribution is -2.52. The molecular formula is C8H13N3O3S. The van der Waals surface area contributed by atoms with Gasteiger partial charge in [-0.25, -0.2) is 8.42 Å². The summed E-state index contributed by atoms with van der Waals surface area (Å²) in [6.45, 7) is 1.79. The third-order valence-corrected chi connectivity index (χ3v) is 4.44. The first-order valence-electron chi connectivity index (χ1n) is 4.52. The standard InChI is InChI=1S/C8H13N3O3S/c1-7(5-9)15(13,14)11-4-3-10(2)8(12)6-11/h7H,3-4,6H2,1-2H3. The molecule has 0 N–H and O–H groups in total. The molecule has 1 atom stereocenters. The van der Waals surface area contributed by atoms with Crippen LogP contribution >= 0.6 is 0 Å². The van der Waals surface area contributed by atoms with Gasteiger partial charge in [0.05, 0.1) is 12.6 Å². The molecule has 0 bridgehead atoms. The van der Waals surface area contributed by atoms with Crippen LogP contribution in [0.5, 0.6) is 0 Å². The van der Waals surface area contributed by atoms with Gasteiger partial charge in [0, 0.05) is 20.1 Å².